The third kappa shape index (κ3) is 2.77. The van der Waals surface area contributed by atoms with Gasteiger partial charge in [0.25, 0.3) is 5.91 Å². The molecule has 5 heteroatoms. The molecule has 0 unspecified atom stereocenters. The summed E-state index contributed by atoms with van der Waals surface area (Å²) < 4.78 is 3.63. The zero-order chi connectivity index (χ0) is 18.1. The quantitative estimate of drug-likeness (QED) is 0.567. The molecule has 0 aliphatic rings. The Labute approximate surface area is 152 Å². The lowest BCUT2D eigenvalue weighted by Crippen LogP contribution is -2.27. The monoisotopic (exact) mass is 344 g/mol. The predicted molar refractivity (Wildman–Crippen MR) is 102 cm³/mol. The van der Waals surface area contributed by atoms with Crippen molar-refractivity contribution in [1.82, 2.24) is 19.2 Å². The lowest BCUT2D eigenvalue weighted by atomic mass is 10.0. The van der Waals surface area contributed by atoms with Crippen LogP contribution in [-0.4, -0.2) is 32.2 Å². The van der Waals surface area contributed by atoms with Gasteiger partial charge in [-0.25, -0.2) is 0 Å². The molecule has 5 nitrogen and oxygen atoms in total. The van der Waals surface area contributed by atoms with E-state index in [0.717, 1.165) is 11.4 Å². The Bertz CT molecular complexity index is 1060. The summed E-state index contributed by atoms with van der Waals surface area (Å²) >= 11 is 0. The van der Waals surface area contributed by atoms with Crippen molar-refractivity contribution < 1.29 is 4.79 Å². The van der Waals surface area contributed by atoms with E-state index >= 15 is 0 Å². The van der Waals surface area contributed by atoms with E-state index in [9.17, 15) is 4.79 Å². The fourth-order valence-corrected chi connectivity index (χ4v) is 3.33. The van der Waals surface area contributed by atoms with E-state index in [0.29, 0.717) is 12.1 Å². The smallest absolute Gasteiger partial charge is 0.259 e. The molecule has 2 aromatic heterocycles. The Kier molecular flexibility index (Phi) is 4.05. The van der Waals surface area contributed by atoms with Crippen molar-refractivity contribution >= 4 is 16.7 Å². The number of carbonyl (C=O) groups is 1. The molecule has 0 aliphatic carbocycles. The summed E-state index contributed by atoms with van der Waals surface area (Å²) in [6.45, 7) is 0.542. The number of aryl methyl sites for hydroxylation is 1. The number of amides is 1. The van der Waals surface area contributed by atoms with Gasteiger partial charge in [-0.05, 0) is 28.5 Å². The second-order valence-electron chi connectivity index (χ2n) is 6.40. The van der Waals surface area contributed by atoms with Crippen molar-refractivity contribution in [2.45, 2.75) is 6.54 Å². The number of fused-ring (bicyclic) bond motifs is 1. The van der Waals surface area contributed by atoms with Gasteiger partial charge < -0.3 is 9.47 Å². The van der Waals surface area contributed by atoms with Gasteiger partial charge in [0, 0.05) is 33.0 Å². The fourth-order valence-electron chi connectivity index (χ4n) is 3.33. The first-order valence-corrected chi connectivity index (χ1v) is 8.52. The third-order valence-corrected chi connectivity index (χ3v) is 4.62. The number of rotatable bonds is 4. The maximum absolute atomic E-state index is 13.1. The van der Waals surface area contributed by atoms with Crippen LogP contribution < -0.4 is 0 Å². The lowest BCUT2D eigenvalue weighted by molar-refractivity contribution is 0.0785. The summed E-state index contributed by atoms with van der Waals surface area (Å²) in [4.78, 5) is 14.8. The molecule has 4 rings (SSSR count). The maximum Gasteiger partial charge on any atom is 0.259 e. The molecule has 2 heterocycles. The van der Waals surface area contributed by atoms with E-state index in [1.54, 1.807) is 15.8 Å². The first-order valence-electron chi connectivity index (χ1n) is 8.52. The number of hydrogen-bond acceptors (Lipinski definition) is 2. The molecule has 2 aromatic carbocycles. The van der Waals surface area contributed by atoms with Crippen LogP contribution in [0.5, 0.6) is 0 Å². The highest BCUT2D eigenvalue weighted by molar-refractivity contribution is 5.97. The van der Waals surface area contributed by atoms with Gasteiger partial charge in [-0.2, -0.15) is 5.10 Å². The van der Waals surface area contributed by atoms with Gasteiger partial charge in [0.1, 0.15) is 11.4 Å². The molecule has 26 heavy (non-hydrogen) atoms. The maximum atomic E-state index is 13.1. The molecule has 0 aliphatic heterocycles. The standard InChI is InChI=1S/C21H20N4O/c1-23(15-17-10-7-9-16-8-3-4-11-18(16)17)21(26)19-14-22-24(2)20(19)25-12-5-6-13-25/h3-14H,15H2,1-2H3. The third-order valence-electron chi connectivity index (χ3n) is 4.62. The molecule has 0 saturated carbocycles. The van der Waals surface area contributed by atoms with Crippen LogP contribution in [0.3, 0.4) is 0 Å². The minimum absolute atomic E-state index is 0.0465. The highest BCUT2D eigenvalue weighted by Crippen LogP contribution is 2.21. The summed E-state index contributed by atoms with van der Waals surface area (Å²) in [5.74, 6) is 0.722. The molecule has 0 fully saturated rings. The van der Waals surface area contributed by atoms with E-state index in [1.165, 1.54) is 10.8 Å². The van der Waals surface area contributed by atoms with Gasteiger partial charge in [-0.1, -0.05) is 42.5 Å². The fraction of sp³-hybridized carbons (Fsp3) is 0.143. The second kappa shape index (κ2) is 6.52. The average Bonchev–Trinajstić information content (AvgIpc) is 3.30. The van der Waals surface area contributed by atoms with Crippen LogP contribution >= 0.6 is 0 Å². The predicted octanol–water partition coefficient (Wildman–Crippen LogP) is 3.64. The van der Waals surface area contributed by atoms with Crippen LogP contribution in [0.2, 0.25) is 0 Å². The molecule has 130 valence electrons. The van der Waals surface area contributed by atoms with Crippen LogP contribution in [0.25, 0.3) is 16.6 Å². The molecule has 0 radical (unpaired) electrons. The van der Waals surface area contributed by atoms with Gasteiger partial charge in [0.15, 0.2) is 0 Å². The van der Waals surface area contributed by atoms with E-state index in [4.69, 9.17) is 0 Å². The van der Waals surface area contributed by atoms with Crippen molar-refractivity contribution in [1.29, 1.82) is 0 Å². The van der Waals surface area contributed by atoms with E-state index < -0.39 is 0 Å². The summed E-state index contributed by atoms with van der Waals surface area (Å²) in [5.41, 5.74) is 1.72. The van der Waals surface area contributed by atoms with Gasteiger partial charge in [0.05, 0.1) is 6.20 Å². The summed E-state index contributed by atoms with van der Waals surface area (Å²) in [6.07, 6.45) is 5.47. The highest BCUT2D eigenvalue weighted by Gasteiger charge is 2.21. The molecule has 4 aromatic rings. The van der Waals surface area contributed by atoms with Crippen molar-refractivity contribution in [3.05, 3.63) is 84.3 Å². The number of nitrogens with zero attached hydrogens (tertiary/aromatic N) is 4. The summed E-state index contributed by atoms with van der Waals surface area (Å²) in [7, 11) is 3.67. The Morgan fingerprint density at radius 3 is 2.58 bits per heavy atom. The first-order chi connectivity index (χ1) is 12.6. The molecular formula is C21H20N4O. The number of carbonyl (C=O) groups excluding carboxylic acids is 1. The normalized spacial score (nSPS) is 11.0. The molecule has 1 amide bonds. The topological polar surface area (TPSA) is 43.1 Å². The van der Waals surface area contributed by atoms with Crippen LogP contribution in [0.1, 0.15) is 15.9 Å². The van der Waals surface area contributed by atoms with E-state index in [1.807, 2.05) is 61.4 Å². The van der Waals surface area contributed by atoms with E-state index in [2.05, 4.69) is 29.4 Å². The van der Waals surface area contributed by atoms with Crippen LogP contribution in [0.4, 0.5) is 0 Å². The van der Waals surface area contributed by atoms with Crippen LogP contribution in [0.15, 0.2) is 73.2 Å². The van der Waals surface area contributed by atoms with Gasteiger partial charge in [-0.3, -0.25) is 9.48 Å². The molecule has 0 N–H and O–H groups in total. The minimum Gasteiger partial charge on any atom is -0.337 e. The molecule has 0 atom stereocenters. The zero-order valence-electron chi connectivity index (χ0n) is 14.8. The van der Waals surface area contributed by atoms with Crippen molar-refractivity contribution in [2.24, 2.45) is 7.05 Å². The number of aromatic nitrogens is 3. The lowest BCUT2D eigenvalue weighted by Gasteiger charge is -2.19. The van der Waals surface area contributed by atoms with Gasteiger partial charge in [-0.15, -0.1) is 0 Å². The van der Waals surface area contributed by atoms with Crippen LogP contribution in [0, 0.1) is 0 Å². The van der Waals surface area contributed by atoms with Crippen molar-refractivity contribution in [3.63, 3.8) is 0 Å². The SMILES string of the molecule is CN(Cc1cccc2ccccc12)C(=O)c1cnn(C)c1-n1cccc1. The Morgan fingerprint density at radius 2 is 1.77 bits per heavy atom. The van der Waals surface area contributed by atoms with E-state index in [-0.39, 0.29) is 5.91 Å². The first kappa shape index (κ1) is 16.1. The Hall–Kier alpha value is -3.34. The molecule has 0 bridgehead atoms. The molecule has 0 saturated heterocycles. The largest absolute Gasteiger partial charge is 0.337 e. The van der Waals surface area contributed by atoms with Crippen LogP contribution in [-0.2, 0) is 13.6 Å². The number of benzene rings is 2. The average molecular weight is 344 g/mol. The second-order valence-corrected chi connectivity index (χ2v) is 6.40. The summed E-state index contributed by atoms with van der Waals surface area (Å²) in [6, 6.07) is 18.3. The van der Waals surface area contributed by atoms with Gasteiger partial charge in [0.2, 0.25) is 0 Å². The van der Waals surface area contributed by atoms with Crippen molar-refractivity contribution in [3.8, 4) is 5.82 Å². The molecule has 0 spiro atoms. The number of hydrogen-bond donors (Lipinski definition) is 0. The minimum atomic E-state index is -0.0465. The Morgan fingerprint density at radius 1 is 1.04 bits per heavy atom. The highest BCUT2D eigenvalue weighted by atomic mass is 16.2. The van der Waals surface area contributed by atoms with Gasteiger partial charge >= 0.3 is 0 Å². The summed E-state index contributed by atoms with van der Waals surface area (Å²) in [5, 5.41) is 6.63. The van der Waals surface area contributed by atoms with Crippen molar-refractivity contribution in [2.75, 3.05) is 7.05 Å². The molecular weight excluding hydrogens is 324 g/mol. The Balaban J connectivity index is 1.65. The zero-order valence-corrected chi connectivity index (χ0v) is 14.8.